The van der Waals surface area contributed by atoms with Gasteiger partial charge in [0.15, 0.2) is 0 Å². The van der Waals surface area contributed by atoms with Gasteiger partial charge in [-0.1, -0.05) is 13.8 Å². The third-order valence-electron chi connectivity index (χ3n) is 3.63. The predicted molar refractivity (Wildman–Crippen MR) is 63.7 cm³/mol. The molecule has 1 aromatic heterocycles. The molecule has 1 amide bonds. The molecule has 1 heterocycles. The number of aromatic amines is 1. The van der Waals surface area contributed by atoms with E-state index in [0.29, 0.717) is 12.5 Å². The normalized spacial score (nSPS) is 16.9. The van der Waals surface area contributed by atoms with E-state index in [2.05, 4.69) is 29.4 Å². The molecule has 0 bridgehead atoms. The second kappa shape index (κ2) is 4.31. The number of rotatable bonds is 4. The molecule has 1 aromatic rings. The van der Waals surface area contributed by atoms with Crippen LogP contribution in [0.4, 0.5) is 0 Å². The molecule has 1 aliphatic carbocycles. The lowest BCUT2D eigenvalue weighted by atomic mass is 9.92. The van der Waals surface area contributed by atoms with Gasteiger partial charge in [0.05, 0.1) is 0 Å². The predicted octanol–water partition coefficient (Wildman–Crippen LogP) is 0.936. The highest BCUT2D eigenvalue weighted by molar-refractivity contribution is 5.92. The van der Waals surface area contributed by atoms with Gasteiger partial charge in [0.2, 0.25) is 0 Å². The smallest absolute Gasteiger partial charge is 0.271 e. The van der Waals surface area contributed by atoms with Gasteiger partial charge in [-0.15, -0.1) is 0 Å². The van der Waals surface area contributed by atoms with Gasteiger partial charge in [-0.05, 0) is 30.2 Å². The molecule has 0 saturated heterocycles. The standard InChI is InChI=1S/C12H17N3O2/c1-8(2)12(5-6-12)7-13-11(17)9-3-4-10(16)15-14-9/h3-4,8H,5-7H2,1-2H3,(H,13,17)(H,15,16). The van der Waals surface area contributed by atoms with Crippen molar-refractivity contribution in [2.45, 2.75) is 26.7 Å². The highest BCUT2D eigenvalue weighted by Crippen LogP contribution is 2.51. The largest absolute Gasteiger partial charge is 0.350 e. The molecule has 92 valence electrons. The second-order valence-corrected chi connectivity index (χ2v) is 5.01. The number of hydrogen-bond acceptors (Lipinski definition) is 3. The maximum Gasteiger partial charge on any atom is 0.271 e. The van der Waals surface area contributed by atoms with Gasteiger partial charge in [-0.25, -0.2) is 5.10 Å². The van der Waals surface area contributed by atoms with E-state index in [9.17, 15) is 9.59 Å². The minimum absolute atomic E-state index is 0.229. The quantitative estimate of drug-likeness (QED) is 0.815. The molecule has 5 heteroatoms. The van der Waals surface area contributed by atoms with Crippen molar-refractivity contribution < 1.29 is 4.79 Å². The summed E-state index contributed by atoms with van der Waals surface area (Å²) in [5.74, 6) is 0.347. The Morgan fingerprint density at radius 2 is 2.24 bits per heavy atom. The van der Waals surface area contributed by atoms with Crippen LogP contribution in [0.3, 0.4) is 0 Å². The average Bonchev–Trinajstić information content (AvgIpc) is 3.08. The van der Waals surface area contributed by atoms with Crippen LogP contribution in [0, 0.1) is 11.3 Å². The first-order valence-electron chi connectivity index (χ1n) is 5.87. The van der Waals surface area contributed by atoms with Gasteiger partial charge in [0, 0.05) is 12.6 Å². The van der Waals surface area contributed by atoms with Crippen molar-refractivity contribution >= 4 is 5.91 Å². The van der Waals surface area contributed by atoms with E-state index in [1.165, 1.54) is 25.0 Å². The molecule has 0 aliphatic heterocycles. The van der Waals surface area contributed by atoms with Gasteiger partial charge in [0.1, 0.15) is 5.69 Å². The Morgan fingerprint density at radius 3 is 2.71 bits per heavy atom. The molecular weight excluding hydrogens is 218 g/mol. The van der Waals surface area contributed by atoms with Crippen molar-refractivity contribution in [3.05, 3.63) is 28.2 Å². The van der Waals surface area contributed by atoms with E-state index in [1.54, 1.807) is 0 Å². The highest BCUT2D eigenvalue weighted by Gasteiger charge is 2.45. The minimum atomic E-state index is -0.303. The third kappa shape index (κ3) is 2.54. The van der Waals surface area contributed by atoms with Crippen LogP contribution in [0.1, 0.15) is 37.2 Å². The molecule has 0 atom stereocenters. The van der Waals surface area contributed by atoms with Gasteiger partial charge in [-0.2, -0.15) is 5.10 Å². The van der Waals surface area contributed by atoms with Gasteiger partial charge in [-0.3, -0.25) is 9.59 Å². The Hall–Kier alpha value is -1.65. The zero-order valence-electron chi connectivity index (χ0n) is 10.1. The first kappa shape index (κ1) is 11.8. The van der Waals surface area contributed by atoms with Crippen molar-refractivity contribution in [2.24, 2.45) is 11.3 Å². The van der Waals surface area contributed by atoms with Crippen molar-refractivity contribution in [2.75, 3.05) is 6.54 Å². The molecule has 0 radical (unpaired) electrons. The van der Waals surface area contributed by atoms with Crippen LogP contribution in [-0.2, 0) is 0 Å². The van der Waals surface area contributed by atoms with E-state index in [4.69, 9.17) is 0 Å². The number of hydrogen-bond donors (Lipinski definition) is 2. The van der Waals surface area contributed by atoms with Crippen LogP contribution in [0.15, 0.2) is 16.9 Å². The Labute approximate surface area is 99.6 Å². The zero-order valence-corrected chi connectivity index (χ0v) is 10.1. The Kier molecular flexibility index (Phi) is 3.00. The summed E-state index contributed by atoms with van der Waals surface area (Å²) in [6.45, 7) is 5.04. The minimum Gasteiger partial charge on any atom is -0.350 e. The molecule has 1 aliphatic rings. The van der Waals surface area contributed by atoms with Crippen LogP contribution in [0.2, 0.25) is 0 Å². The maximum atomic E-state index is 11.8. The molecule has 0 aromatic carbocycles. The number of amides is 1. The molecule has 0 unspecified atom stereocenters. The molecule has 2 N–H and O–H groups in total. The Balaban J connectivity index is 1.94. The summed E-state index contributed by atoms with van der Waals surface area (Å²) in [6.07, 6.45) is 2.34. The first-order valence-corrected chi connectivity index (χ1v) is 5.87. The molecule has 17 heavy (non-hydrogen) atoms. The highest BCUT2D eigenvalue weighted by atomic mass is 16.2. The molecule has 1 saturated carbocycles. The fraction of sp³-hybridized carbons (Fsp3) is 0.583. The number of aromatic nitrogens is 2. The topological polar surface area (TPSA) is 74.8 Å². The van der Waals surface area contributed by atoms with Crippen LogP contribution in [-0.4, -0.2) is 22.6 Å². The van der Waals surface area contributed by atoms with E-state index in [1.807, 2.05) is 0 Å². The third-order valence-corrected chi connectivity index (χ3v) is 3.63. The lowest BCUT2D eigenvalue weighted by Crippen LogP contribution is -2.33. The molecule has 0 spiro atoms. The molecule has 5 nitrogen and oxygen atoms in total. The van der Waals surface area contributed by atoms with Crippen molar-refractivity contribution in [3.63, 3.8) is 0 Å². The number of carbonyl (C=O) groups is 1. The molecule has 1 fully saturated rings. The summed E-state index contributed by atoms with van der Waals surface area (Å²) in [6, 6.07) is 2.74. The van der Waals surface area contributed by atoms with Crippen LogP contribution in [0.25, 0.3) is 0 Å². The van der Waals surface area contributed by atoms with Crippen LogP contribution >= 0.6 is 0 Å². The lowest BCUT2D eigenvalue weighted by Gasteiger charge is -2.19. The van der Waals surface area contributed by atoms with E-state index < -0.39 is 0 Å². The van der Waals surface area contributed by atoms with Gasteiger partial charge < -0.3 is 5.32 Å². The fourth-order valence-corrected chi connectivity index (χ4v) is 1.94. The average molecular weight is 235 g/mol. The summed E-state index contributed by atoms with van der Waals surface area (Å²) in [7, 11) is 0. The van der Waals surface area contributed by atoms with Crippen LogP contribution in [0.5, 0.6) is 0 Å². The summed E-state index contributed by atoms with van der Waals surface area (Å²) in [5.41, 5.74) is 0.226. The lowest BCUT2D eigenvalue weighted by molar-refractivity contribution is 0.0933. The maximum absolute atomic E-state index is 11.8. The second-order valence-electron chi connectivity index (χ2n) is 5.01. The first-order chi connectivity index (χ1) is 8.03. The number of carbonyl (C=O) groups excluding carboxylic acids is 1. The SMILES string of the molecule is CC(C)C1(CNC(=O)c2ccc(=O)[nH]n2)CC1. The molecular formula is C12H17N3O2. The van der Waals surface area contributed by atoms with Crippen molar-refractivity contribution in [1.82, 2.24) is 15.5 Å². The van der Waals surface area contributed by atoms with E-state index in [0.717, 1.165) is 0 Å². The summed E-state index contributed by atoms with van der Waals surface area (Å²) in [5, 5.41) is 8.82. The fourth-order valence-electron chi connectivity index (χ4n) is 1.94. The monoisotopic (exact) mass is 235 g/mol. The zero-order chi connectivity index (χ0) is 12.5. The Morgan fingerprint density at radius 1 is 1.53 bits per heavy atom. The van der Waals surface area contributed by atoms with Crippen molar-refractivity contribution in [1.29, 1.82) is 0 Å². The summed E-state index contributed by atoms with van der Waals surface area (Å²) < 4.78 is 0. The molecule has 2 rings (SSSR count). The van der Waals surface area contributed by atoms with E-state index >= 15 is 0 Å². The van der Waals surface area contributed by atoms with Gasteiger partial charge in [0.25, 0.3) is 11.5 Å². The summed E-state index contributed by atoms with van der Waals surface area (Å²) in [4.78, 5) is 22.6. The van der Waals surface area contributed by atoms with E-state index in [-0.39, 0.29) is 22.6 Å². The number of H-pyrrole nitrogens is 1. The van der Waals surface area contributed by atoms with Crippen molar-refractivity contribution in [3.8, 4) is 0 Å². The Bertz CT molecular complexity index is 454. The van der Waals surface area contributed by atoms with Gasteiger partial charge >= 0.3 is 0 Å². The number of nitrogens with zero attached hydrogens (tertiary/aromatic N) is 1. The number of nitrogens with one attached hydrogen (secondary N) is 2. The van der Waals surface area contributed by atoms with Crippen LogP contribution < -0.4 is 10.9 Å². The summed E-state index contributed by atoms with van der Waals surface area (Å²) >= 11 is 0.